The summed E-state index contributed by atoms with van der Waals surface area (Å²) in [5.74, 6) is 2.06. The van der Waals surface area contributed by atoms with Gasteiger partial charge >= 0.3 is 0 Å². The molecule has 0 aliphatic carbocycles. The third-order valence-corrected chi connectivity index (χ3v) is 3.92. The molecule has 0 N–H and O–H groups in total. The molecule has 0 radical (unpaired) electrons. The van der Waals surface area contributed by atoms with Crippen molar-refractivity contribution in [2.24, 2.45) is 0 Å². The average molecular weight is 307 g/mol. The number of anilines is 2. The fourth-order valence-corrected chi connectivity index (χ4v) is 2.79. The lowest BCUT2D eigenvalue weighted by atomic mass is 10.1. The highest BCUT2D eigenvalue weighted by Crippen LogP contribution is 2.34. The number of hydrogen-bond donors (Lipinski definition) is 0. The van der Waals surface area contributed by atoms with Gasteiger partial charge in [-0.25, -0.2) is 0 Å². The summed E-state index contributed by atoms with van der Waals surface area (Å²) in [6.45, 7) is 3.10. The van der Waals surface area contributed by atoms with Gasteiger partial charge in [-0.1, -0.05) is 18.2 Å². The molecule has 0 fully saturated rings. The largest absolute Gasteiger partial charge is 0.484 e. The first-order valence-corrected chi connectivity index (χ1v) is 7.59. The number of hydrogen-bond acceptors (Lipinski definition) is 5. The Labute approximate surface area is 134 Å². The normalized spacial score (nSPS) is 13.1. The van der Waals surface area contributed by atoms with E-state index in [0.717, 1.165) is 28.1 Å². The Balaban J connectivity index is 1.81. The van der Waals surface area contributed by atoms with E-state index >= 15 is 0 Å². The molecule has 0 atom stereocenters. The number of benzene rings is 1. The lowest BCUT2D eigenvalue weighted by Crippen LogP contribution is -2.18. The number of aromatic nitrogens is 2. The third kappa shape index (κ3) is 2.44. The molecule has 0 amide bonds. The van der Waals surface area contributed by atoms with Crippen molar-refractivity contribution in [1.29, 1.82) is 0 Å². The minimum atomic E-state index is 0.532. The van der Waals surface area contributed by atoms with Gasteiger partial charge in [0.25, 0.3) is 5.88 Å². The van der Waals surface area contributed by atoms with Crippen molar-refractivity contribution in [3.05, 3.63) is 48.2 Å². The van der Waals surface area contributed by atoms with E-state index in [1.165, 1.54) is 0 Å². The van der Waals surface area contributed by atoms with Gasteiger partial charge in [0.1, 0.15) is 19.0 Å². The van der Waals surface area contributed by atoms with Crippen LogP contribution in [0.25, 0.3) is 10.9 Å². The Morgan fingerprint density at radius 2 is 1.83 bits per heavy atom. The van der Waals surface area contributed by atoms with Crippen LogP contribution in [0, 0.1) is 6.92 Å². The Bertz CT molecular complexity index is 879. The van der Waals surface area contributed by atoms with Gasteiger partial charge in [0, 0.05) is 18.1 Å². The third-order valence-electron chi connectivity index (χ3n) is 3.92. The maximum Gasteiger partial charge on any atom is 0.259 e. The van der Waals surface area contributed by atoms with E-state index in [1.54, 1.807) is 0 Å². The lowest BCUT2D eigenvalue weighted by molar-refractivity contribution is 0.164. The fourth-order valence-electron chi connectivity index (χ4n) is 2.79. The van der Waals surface area contributed by atoms with E-state index in [9.17, 15) is 0 Å². The smallest absolute Gasteiger partial charge is 0.259 e. The maximum absolute atomic E-state index is 5.59. The monoisotopic (exact) mass is 307 g/mol. The van der Waals surface area contributed by atoms with Crippen molar-refractivity contribution in [3.63, 3.8) is 0 Å². The van der Waals surface area contributed by atoms with Crippen LogP contribution in [0.4, 0.5) is 11.5 Å². The van der Waals surface area contributed by atoms with Crippen LogP contribution >= 0.6 is 0 Å². The number of aryl methyl sites for hydroxylation is 1. The molecule has 5 heteroatoms. The zero-order chi connectivity index (χ0) is 15.8. The van der Waals surface area contributed by atoms with Gasteiger partial charge in [-0.2, -0.15) is 4.98 Å². The van der Waals surface area contributed by atoms with Crippen LogP contribution in [0.15, 0.2) is 42.5 Å². The molecule has 0 unspecified atom stereocenters. The number of ether oxygens (including phenoxy) is 2. The molecule has 0 saturated heterocycles. The van der Waals surface area contributed by atoms with Crippen molar-refractivity contribution >= 4 is 22.4 Å². The summed E-state index contributed by atoms with van der Waals surface area (Å²) in [7, 11) is 2.00. The summed E-state index contributed by atoms with van der Waals surface area (Å²) < 4.78 is 11.1. The van der Waals surface area contributed by atoms with Gasteiger partial charge in [-0.3, -0.25) is 4.98 Å². The summed E-state index contributed by atoms with van der Waals surface area (Å²) in [6.07, 6.45) is 0. The molecule has 0 saturated carbocycles. The molecule has 3 aromatic rings. The lowest BCUT2D eigenvalue weighted by Gasteiger charge is -2.23. The molecule has 1 aliphatic rings. The Kier molecular flexibility index (Phi) is 3.26. The zero-order valence-electron chi connectivity index (χ0n) is 13.1. The minimum absolute atomic E-state index is 0.532. The number of fused-ring (bicyclic) bond motifs is 2. The van der Waals surface area contributed by atoms with Gasteiger partial charge in [0.2, 0.25) is 0 Å². The van der Waals surface area contributed by atoms with Crippen LogP contribution in [0.2, 0.25) is 0 Å². The summed E-state index contributed by atoms with van der Waals surface area (Å²) in [5, 5.41) is 1.09. The van der Waals surface area contributed by atoms with Crippen molar-refractivity contribution in [2.75, 3.05) is 25.2 Å². The van der Waals surface area contributed by atoms with Gasteiger partial charge in [-0.15, -0.1) is 0 Å². The minimum Gasteiger partial charge on any atom is -0.484 e. The summed E-state index contributed by atoms with van der Waals surface area (Å²) in [4.78, 5) is 11.2. The second-order valence-electron chi connectivity index (χ2n) is 5.53. The molecule has 4 rings (SSSR count). The summed E-state index contributed by atoms with van der Waals surface area (Å²) in [5.41, 5.74) is 3.02. The molecule has 116 valence electrons. The molecule has 23 heavy (non-hydrogen) atoms. The second-order valence-corrected chi connectivity index (χ2v) is 5.53. The first-order chi connectivity index (χ1) is 11.2. The van der Waals surface area contributed by atoms with Gasteiger partial charge < -0.3 is 14.4 Å². The summed E-state index contributed by atoms with van der Waals surface area (Å²) >= 11 is 0. The molecule has 2 aromatic heterocycles. The molecule has 1 aromatic carbocycles. The predicted molar refractivity (Wildman–Crippen MR) is 89.8 cm³/mol. The van der Waals surface area contributed by atoms with Crippen molar-refractivity contribution in [1.82, 2.24) is 9.97 Å². The number of rotatable bonds is 2. The van der Waals surface area contributed by atoms with Crippen LogP contribution in [0.5, 0.6) is 11.6 Å². The van der Waals surface area contributed by atoms with Crippen molar-refractivity contribution in [3.8, 4) is 11.6 Å². The molecular formula is C18H17N3O2. The molecule has 1 aliphatic heterocycles. The Hall–Kier alpha value is -2.82. The van der Waals surface area contributed by atoms with Crippen LogP contribution in [0.3, 0.4) is 0 Å². The Morgan fingerprint density at radius 3 is 2.74 bits per heavy atom. The van der Waals surface area contributed by atoms with E-state index < -0.39 is 0 Å². The zero-order valence-corrected chi connectivity index (χ0v) is 13.1. The first-order valence-electron chi connectivity index (χ1n) is 7.59. The second kappa shape index (κ2) is 5.43. The number of para-hydroxylation sites is 1. The molecular weight excluding hydrogens is 290 g/mol. The standard InChI is InChI=1S/C18H17N3O2/c1-12-11-15(13-5-3-4-6-14(13)19-12)21(2)17-8-7-16-18(20-17)23-10-9-22-16/h3-8,11H,9-10H2,1-2H3. The highest BCUT2D eigenvalue weighted by molar-refractivity contribution is 5.93. The topological polar surface area (TPSA) is 47.5 Å². The van der Waals surface area contributed by atoms with Crippen molar-refractivity contribution in [2.45, 2.75) is 6.92 Å². The van der Waals surface area contributed by atoms with Gasteiger partial charge in [0.05, 0.1) is 11.2 Å². The Morgan fingerprint density at radius 1 is 1.00 bits per heavy atom. The van der Waals surface area contributed by atoms with Gasteiger partial charge in [0.15, 0.2) is 5.75 Å². The van der Waals surface area contributed by atoms with Crippen molar-refractivity contribution < 1.29 is 9.47 Å². The number of pyridine rings is 2. The average Bonchev–Trinajstić information content (AvgIpc) is 2.60. The van der Waals surface area contributed by atoms with Gasteiger partial charge in [-0.05, 0) is 31.2 Å². The van der Waals surface area contributed by atoms with E-state index in [-0.39, 0.29) is 0 Å². The summed E-state index contributed by atoms with van der Waals surface area (Å²) in [6, 6.07) is 14.0. The van der Waals surface area contributed by atoms with Crippen LogP contribution in [-0.4, -0.2) is 30.2 Å². The molecule has 3 heterocycles. The van der Waals surface area contributed by atoms with E-state index in [1.807, 2.05) is 44.3 Å². The van der Waals surface area contributed by atoms with Crippen LogP contribution in [-0.2, 0) is 0 Å². The molecule has 5 nitrogen and oxygen atoms in total. The highest BCUT2D eigenvalue weighted by atomic mass is 16.6. The first kappa shape index (κ1) is 13.8. The molecule has 0 spiro atoms. The van der Waals surface area contributed by atoms with Crippen LogP contribution in [0.1, 0.15) is 5.69 Å². The quantitative estimate of drug-likeness (QED) is 0.725. The molecule has 0 bridgehead atoms. The SMILES string of the molecule is Cc1cc(N(C)c2ccc3c(n2)OCCO3)c2ccccc2n1. The predicted octanol–water partition coefficient (Wildman–Crippen LogP) is 3.48. The van der Waals surface area contributed by atoms with E-state index in [2.05, 4.69) is 27.0 Å². The maximum atomic E-state index is 5.59. The fraction of sp³-hybridized carbons (Fsp3) is 0.222. The van der Waals surface area contributed by atoms with E-state index in [0.29, 0.717) is 24.8 Å². The number of nitrogens with zero attached hydrogens (tertiary/aromatic N) is 3. The van der Waals surface area contributed by atoms with Crippen LogP contribution < -0.4 is 14.4 Å². The highest BCUT2D eigenvalue weighted by Gasteiger charge is 2.17. The van der Waals surface area contributed by atoms with E-state index in [4.69, 9.17) is 9.47 Å².